The Morgan fingerprint density at radius 2 is 0.667 bits per heavy atom. The summed E-state index contributed by atoms with van der Waals surface area (Å²) in [5, 5.41) is 86.0. The number of aromatic hydroxyl groups is 8. The fraction of sp³-hybridized carbons (Fsp3) is 0.294. The van der Waals surface area contributed by atoms with Gasteiger partial charge in [0, 0.05) is 37.1 Å². The standard InChI is InChI=1S/C34H32O8/c35-27-11-31(39)21-6-17(27)4-19-8-25(33(41)13-29(19)37)23-10-24(23)26-9-20(30(38)14-34(26)42)5-18-7-22(32(40)12-28(18)36)16-2-1-15(21)3-16/h6-9,11-16,23-24,35-42H,1-5,10H2. The average molecular weight is 569 g/mol. The topological polar surface area (TPSA) is 162 Å². The van der Waals surface area contributed by atoms with Gasteiger partial charge in [-0.05, 0) is 118 Å². The van der Waals surface area contributed by atoms with Crippen molar-refractivity contribution in [3.05, 3.63) is 93.0 Å². The summed E-state index contributed by atoms with van der Waals surface area (Å²) in [6, 6.07) is 12.2. The predicted octanol–water partition coefficient (Wildman–Crippen LogP) is 6.15. The van der Waals surface area contributed by atoms with Crippen LogP contribution in [-0.2, 0) is 12.8 Å². The lowest BCUT2D eigenvalue weighted by Gasteiger charge is -2.18. The van der Waals surface area contributed by atoms with Crippen molar-refractivity contribution in [3.63, 3.8) is 0 Å². The molecule has 42 heavy (non-hydrogen) atoms. The predicted molar refractivity (Wildman–Crippen MR) is 154 cm³/mol. The Morgan fingerprint density at radius 3 is 1.02 bits per heavy atom. The Bertz CT molecular complexity index is 1630. The van der Waals surface area contributed by atoms with Gasteiger partial charge in [0.05, 0.1) is 0 Å². The molecule has 216 valence electrons. The van der Waals surface area contributed by atoms with Gasteiger partial charge in [-0.2, -0.15) is 0 Å². The van der Waals surface area contributed by atoms with Crippen LogP contribution in [0.2, 0.25) is 0 Å². The van der Waals surface area contributed by atoms with E-state index in [1.807, 2.05) is 0 Å². The van der Waals surface area contributed by atoms with Gasteiger partial charge in [-0.25, -0.2) is 0 Å². The van der Waals surface area contributed by atoms with Crippen molar-refractivity contribution in [1.82, 2.24) is 0 Å². The first-order valence-electron chi connectivity index (χ1n) is 14.3. The highest BCUT2D eigenvalue weighted by atomic mass is 16.3. The summed E-state index contributed by atoms with van der Waals surface area (Å²) >= 11 is 0. The minimum atomic E-state index is -0.150. The molecule has 8 N–H and O–H groups in total. The molecule has 4 unspecified atom stereocenters. The molecule has 8 nitrogen and oxygen atoms in total. The first-order chi connectivity index (χ1) is 20.1. The van der Waals surface area contributed by atoms with Crippen molar-refractivity contribution < 1.29 is 40.9 Å². The number of phenolic OH excluding ortho intramolecular Hbond substituents is 8. The van der Waals surface area contributed by atoms with Crippen LogP contribution in [0.15, 0.2) is 48.5 Å². The molecule has 7 rings (SSSR count). The van der Waals surface area contributed by atoms with E-state index in [1.54, 1.807) is 24.3 Å². The molecular weight excluding hydrogens is 536 g/mol. The zero-order chi connectivity index (χ0) is 29.4. The van der Waals surface area contributed by atoms with E-state index >= 15 is 0 Å². The molecule has 10 bridgehead atoms. The molecule has 4 aromatic rings. The minimum Gasteiger partial charge on any atom is -0.508 e. The molecule has 0 radical (unpaired) electrons. The minimum absolute atomic E-state index is 0.0191. The normalized spacial score (nSPS) is 22.5. The van der Waals surface area contributed by atoms with Gasteiger partial charge in [-0.15, -0.1) is 0 Å². The fourth-order valence-corrected chi connectivity index (χ4v) is 7.22. The second kappa shape index (κ2) is 9.41. The molecule has 0 spiro atoms. The zero-order valence-electron chi connectivity index (χ0n) is 22.7. The molecule has 8 heteroatoms. The van der Waals surface area contributed by atoms with Crippen LogP contribution < -0.4 is 0 Å². The third-order valence-electron chi connectivity index (χ3n) is 9.58. The van der Waals surface area contributed by atoms with Crippen LogP contribution in [0.4, 0.5) is 0 Å². The summed E-state index contributed by atoms with van der Waals surface area (Å²) in [4.78, 5) is 0. The first-order valence-corrected chi connectivity index (χ1v) is 14.3. The lowest BCUT2D eigenvalue weighted by atomic mass is 9.88. The smallest absolute Gasteiger partial charge is 0.122 e. The van der Waals surface area contributed by atoms with Crippen molar-refractivity contribution in [2.75, 3.05) is 0 Å². The Labute approximate surface area is 242 Å². The van der Waals surface area contributed by atoms with Gasteiger partial charge in [0.15, 0.2) is 0 Å². The fourth-order valence-electron chi connectivity index (χ4n) is 7.22. The molecular formula is C34H32O8. The molecule has 2 fully saturated rings. The van der Waals surface area contributed by atoms with E-state index in [9.17, 15) is 40.9 Å². The monoisotopic (exact) mass is 568 g/mol. The Morgan fingerprint density at radius 1 is 0.357 bits per heavy atom. The maximum atomic E-state index is 10.8. The molecule has 4 aromatic carbocycles. The maximum absolute atomic E-state index is 10.8. The largest absolute Gasteiger partial charge is 0.508 e. The molecule has 0 aromatic heterocycles. The van der Waals surface area contributed by atoms with E-state index in [1.165, 1.54) is 24.3 Å². The average Bonchev–Trinajstić information content (AvgIpc) is 3.55. The Hall–Kier alpha value is -4.72. The van der Waals surface area contributed by atoms with Gasteiger partial charge in [0.2, 0.25) is 0 Å². The molecule has 3 aliphatic carbocycles. The van der Waals surface area contributed by atoms with Crippen LogP contribution >= 0.6 is 0 Å². The first kappa shape index (κ1) is 26.2. The van der Waals surface area contributed by atoms with Crippen molar-refractivity contribution in [2.24, 2.45) is 0 Å². The highest BCUT2D eigenvalue weighted by Crippen LogP contribution is 2.59. The molecule has 0 saturated heterocycles. The van der Waals surface area contributed by atoms with Gasteiger partial charge in [0.25, 0.3) is 0 Å². The quantitative estimate of drug-likeness (QED) is 0.125. The molecule has 0 heterocycles. The third kappa shape index (κ3) is 4.29. The van der Waals surface area contributed by atoms with Gasteiger partial charge >= 0.3 is 0 Å². The maximum Gasteiger partial charge on any atom is 0.122 e. The molecule has 0 amide bonds. The molecule has 4 atom stereocenters. The van der Waals surface area contributed by atoms with Gasteiger partial charge in [0.1, 0.15) is 46.0 Å². The van der Waals surface area contributed by atoms with Crippen LogP contribution in [0.25, 0.3) is 0 Å². The van der Waals surface area contributed by atoms with Crippen molar-refractivity contribution >= 4 is 0 Å². The summed E-state index contributed by atoms with van der Waals surface area (Å²) in [6.45, 7) is 0. The summed E-state index contributed by atoms with van der Waals surface area (Å²) < 4.78 is 0. The number of benzene rings is 4. The second-order valence-corrected chi connectivity index (χ2v) is 12.2. The van der Waals surface area contributed by atoms with E-state index < -0.39 is 0 Å². The third-order valence-corrected chi connectivity index (χ3v) is 9.58. The lowest BCUT2D eigenvalue weighted by molar-refractivity contribution is 0.435. The SMILES string of the molecule is Oc1cc(O)c2cc1Cc1cc(c(O)cc1O)C1CC1c1cc(c(O)cc1O)Cc1cc(c(O)cc1O)C1CCC2C1. The summed E-state index contributed by atoms with van der Waals surface area (Å²) in [6.07, 6.45) is 3.06. The summed E-state index contributed by atoms with van der Waals surface area (Å²) in [5.41, 5.74) is 4.65. The molecule has 3 aliphatic rings. The van der Waals surface area contributed by atoms with Crippen molar-refractivity contribution in [1.29, 1.82) is 0 Å². The number of hydrogen-bond acceptors (Lipinski definition) is 8. The van der Waals surface area contributed by atoms with Crippen LogP contribution in [0.5, 0.6) is 46.0 Å². The van der Waals surface area contributed by atoms with E-state index in [2.05, 4.69) is 0 Å². The van der Waals surface area contributed by atoms with Gasteiger partial charge in [-0.1, -0.05) is 0 Å². The number of rotatable bonds is 0. The van der Waals surface area contributed by atoms with Crippen LogP contribution in [0, 0.1) is 0 Å². The van der Waals surface area contributed by atoms with E-state index in [0.29, 0.717) is 57.3 Å². The van der Waals surface area contributed by atoms with E-state index in [-0.39, 0.29) is 82.5 Å². The molecule has 0 aliphatic heterocycles. The van der Waals surface area contributed by atoms with Crippen LogP contribution in [0.1, 0.15) is 93.9 Å². The van der Waals surface area contributed by atoms with Gasteiger partial charge in [-0.3, -0.25) is 0 Å². The number of hydrogen-bond donors (Lipinski definition) is 8. The van der Waals surface area contributed by atoms with Crippen molar-refractivity contribution in [3.8, 4) is 46.0 Å². The Kier molecular flexibility index (Phi) is 5.87. The number of fused-ring (bicyclic) bond motifs is 15. The molecule has 2 saturated carbocycles. The second-order valence-electron chi connectivity index (χ2n) is 12.2. The highest BCUT2D eigenvalue weighted by molar-refractivity contribution is 5.58. The van der Waals surface area contributed by atoms with E-state index in [0.717, 1.165) is 12.8 Å². The van der Waals surface area contributed by atoms with Crippen molar-refractivity contribution in [2.45, 2.75) is 62.2 Å². The number of phenols is 8. The Balaban J connectivity index is 1.40. The lowest BCUT2D eigenvalue weighted by Crippen LogP contribution is -2.00. The van der Waals surface area contributed by atoms with Crippen LogP contribution in [0.3, 0.4) is 0 Å². The summed E-state index contributed by atoms with van der Waals surface area (Å²) in [5.74, 6) is -0.993. The van der Waals surface area contributed by atoms with Gasteiger partial charge < -0.3 is 40.9 Å². The zero-order valence-corrected chi connectivity index (χ0v) is 22.7. The highest BCUT2D eigenvalue weighted by Gasteiger charge is 2.43. The van der Waals surface area contributed by atoms with Crippen LogP contribution in [-0.4, -0.2) is 40.9 Å². The summed E-state index contributed by atoms with van der Waals surface area (Å²) in [7, 11) is 0. The van der Waals surface area contributed by atoms with E-state index in [4.69, 9.17) is 0 Å².